The average Bonchev–Trinajstić information content (AvgIpc) is 3.34. The highest BCUT2D eigenvalue weighted by molar-refractivity contribution is 9.11. The highest BCUT2D eigenvalue weighted by Gasteiger charge is 2.19. The summed E-state index contributed by atoms with van der Waals surface area (Å²) < 4.78 is 24.3. The van der Waals surface area contributed by atoms with Gasteiger partial charge in [-0.25, -0.2) is 9.97 Å². The van der Waals surface area contributed by atoms with Crippen LogP contribution in [0.5, 0.6) is 11.5 Å². The highest BCUT2D eigenvalue weighted by atomic mass is 79.9. The van der Waals surface area contributed by atoms with Crippen LogP contribution < -0.4 is 20.6 Å². The third kappa shape index (κ3) is 5.30. The molecular weight excluding hydrogens is 576 g/mol. The molecule has 0 atom stereocenters. The minimum Gasteiger partial charge on any atom is -0.497 e. The number of benzene rings is 2. The fourth-order valence-corrected chi connectivity index (χ4v) is 4.45. The van der Waals surface area contributed by atoms with Crippen molar-refractivity contribution in [2.75, 3.05) is 27.4 Å². The van der Waals surface area contributed by atoms with Gasteiger partial charge < -0.3 is 28.5 Å². The largest absolute Gasteiger partial charge is 0.497 e. The van der Waals surface area contributed by atoms with Crippen molar-refractivity contribution in [1.82, 2.24) is 19.5 Å². The Labute approximate surface area is 210 Å². The number of nitrogens with one attached hydrogen (secondary N) is 1. The molecule has 0 spiro atoms. The first-order valence-corrected chi connectivity index (χ1v) is 11.7. The molecule has 4 aromatic rings. The van der Waals surface area contributed by atoms with Crippen molar-refractivity contribution in [3.8, 4) is 11.5 Å². The molecule has 34 heavy (non-hydrogen) atoms. The van der Waals surface area contributed by atoms with Crippen LogP contribution in [0.3, 0.4) is 0 Å². The summed E-state index contributed by atoms with van der Waals surface area (Å²) in [4.78, 5) is 33.9. The van der Waals surface area contributed by atoms with Gasteiger partial charge in [0, 0.05) is 21.1 Å². The maximum atomic E-state index is 12.1. The molecule has 2 aromatic carbocycles. The van der Waals surface area contributed by atoms with Crippen molar-refractivity contribution >= 4 is 53.9 Å². The summed E-state index contributed by atoms with van der Waals surface area (Å²) in [6.45, 7) is 1.43. The van der Waals surface area contributed by atoms with Crippen molar-refractivity contribution < 1.29 is 18.9 Å². The molecule has 10 nitrogen and oxygen atoms in total. The van der Waals surface area contributed by atoms with E-state index in [4.69, 9.17) is 18.9 Å². The van der Waals surface area contributed by atoms with E-state index in [1.807, 2.05) is 6.07 Å². The van der Waals surface area contributed by atoms with Gasteiger partial charge in [0.25, 0.3) is 11.1 Å². The van der Waals surface area contributed by atoms with Crippen molar-refractivity contribution in [3.05, 3.63) is 66.3 Å². The van der Waals surface area contributed by atoms with Gasteiger partial charge in [0.15, 0.2) is 6.29 Å². The molecule has 0 bridgehead atoms. The van der Waals surface area contributed by atoms with Crippen LogP contribution in [0.2, 0.25) is 0 Å². The molecule has 1 aliphatic heterocycles. The number of ether oxygens (including phenoxy) is 4. The number of nitrogens with zero attached hydrogens (tertiary/aromatic N) is 3. The summed E-state index contributed by atoms with van der Waals surface area (Å²) >= 11 is 6.79. The Morgan fingerprint density at radius 1 is 0.971 bits per heavy atom. The Kier molecular flexibility index (Phi) is 7.61. The van der Waals surface area contributed by atoms with Crippen LogP contribution in [0.1, 0.15) is 0 Å². The van der Waals surface area contributed by atoms with E-state index in [0.29, 0.717) is 53.3 Å². The molecule has 0 amide bonds. The van der Waals surface area contributed by atoms with Gasteiger partial charge in [-0.2, -0.15) is 0 Å². The molecular formula is C22H20Br2N4O6. The van der Waals surface area contributed by atoms with Crippen LogP contribution in [-0.4, -0.2) is 53.2 Å². The second-order valence-electron chi connectivity index (χ2n) is 7.11. The molecule has 1 aliphatic rings. The van der Waals surface area contributed by atoms with Gasteiger partial charge in [0.1, 0.15) is 22.5 Å². The molecule has 3 heterocycles. The van der Waals surface area contributed by atoms with Crippen LogP contribution in [0.4, 0.5) is 0 Å². The molecule has 0 radical (unpaired) electrons. The zero-order valence-corrected chi connectivity index (χ0v) is 21.4. The summed E-state index contributed by atoms with van der Waals surface area (Å²) in [7, 11) is 3.15. The van der Waals surface area contributed by atoms with E-state index < -0.39 is 6.29 Å². The van der Waals surface area contributed by atoms with Crippen molar-refractivity contribution in [3.63, 3.8) is 0 Å². The van der Waals surface area contributed by atoms with Gasteiger partial charge in [0.05, 0.1) is 57.4 Å². The summed E-state index contributed by atoms with van der Waals surface area (Å²) in [5, 5.41) is 0. The molecule has 0 saturated carbocycles. The number of halogens is 2. The molecule has 2 aromatic heterocycles. The summed E-state index contributed by atoms with van der Waals surface area (Å²) in [5.74, 6) is 1.33. The Hall–Kier alpha value is -2.80. The Balaban J connectivity index is 0.000000172. The van der Waals surface area contributed by atoms with Gasteiger partial charge in [-0.1, -0.05) is 0 Å². The second kappa shape index (κ2) is 10.6. The Morgan fingerprint density at radius 2 is 1.59 bits per heavy atom. The molecule has 0 unspecified atom stereocenters. The minimum atomic E-state index is -0.400. The number of aromatic nitrogens is 4. The molecule has 1 fully saturated rings. The molecule has 1 saturated heterocycles. The van der Waals surface area contributed by atoms with Gasteiger partial charge in [0.2, 0.25) is 0 Å². The number of fused-ring (bicyclic) bond motifs is 2. The quantitative estimate of drug-likeness (QED) is 0.382. The number of hydrogen-bond acceptors (Lipinski definition) is 8. The number of aromatic amines is 1. The Morgan fingerprint density at radius 3 is 2.26 bits per heavy atom. The fraction of sp³-hybridized carbons (Fsp3) is 0.273. The smallest absolute Gasteiger partial charge is 0.269 e. The number of methoxy groups -OCH3 is 2. The van der Waals surface area contributed by atoms with E-state index >= 15 is 0 Å². The zero-order valence-electron chi connectivity index (χ0n) is 18.2. The number of hydrogen-bond donors (Lipinski definition) is 1. The predicted molar refractivity (Wildman–Crippen MR) is 133 cm³/mol. The van der Waals surface area contributed by atoms with Crippen molar-refractivity contribution in [1.29, 1.82) is 0 Å². The summed E-state index contributed by atoms with van der Waals surface area (Å²) in [6, 6.07) is 7.12. The molecule has 5 rings (SSSR count). The van der Waals surface area contributed by atoms with Gasteiger partial charge in [-0.05, 0) is 44.0 Å². The predicted octanol–water partition coefficient (Wildman–Crippen LogP) is 3.23. The lowest BCUT2D eigenvalue weighted by Gasteiger charge is -2.14. The van der Waals surface area contributed by atoms with Crippen LogP contribution in [-0.2, 0) is 16.0 Å². The van der Waals surface area contributed by atoms with Gasteiger partial charge in [-0.15, -0.1) is 0 Å². The average molecular weight is 596 g/mol. The Bertz CT molecular complexity index is 1450. The normalized spacial score (nSPS) is 13.6. The third-order valence-corrected chi connectivity index (χ3v) is 6.19. The first-order valence-electron chi connectivity index (χ1n) is 10.1. The van der Waals surface area contributed by atoms with E-state index in [0.717, 1.165) is 8.95 Å². The van der Waals surface area contributed by atoms with Crippen molar-refractivity contribution in [2.24, 2.45) is 0 Å². The first-order chi connectivity index (χ1) is 16.4. The lowest BCUT2D eigenvalue weighted by molar-refractivity contribution is -0.0523. The van der Waals surface area contributed by atoms with Crippen LogP contribution in [0.25, 0.3) is 22.1 Å². The lowest BCUT2D eigenvalue weighted by atomic mass is 10.2. The van der Waals surface area contributed by atoms with E-state index in [2.05, 4.69) is 46.8 Å². The van der Waals surface area contributed by atoms with Gasteiger partial charge >= 0.3 is 0 Å². The SMILES string of the molecule is COc1cc(Br)c2ncc(=O)[nH]c2c1.COc1cc(Br)c2ncc(=O)n(CC3OCCO3)c2c1. The number of rotatable bonds is 4. The summed E-state index contributed by atoms with van der Waals surface area (Å²) in [5.41, 5.74) is 2.33. The topological polar surface area (TPSA) is 118 Å². The highest BCUT2D eigenvalue weighted by Crippen LogP contribution is 2.28. The number of H-pyrrole nitrogens is 1. The van der Waals surface area contributed by atoms with E-state index in [9.17, 15) is 9.59 Å². The van der Waals surface area contributed by atoms with Crippen molar-refractivity contribution in [2.45, 2.75) is 12.8 Å². The molecule has 0 aliphatic carbocycles. The molecule has 12 heteroatoms. The maximum Gasteiger partial charge on any atom is 0.269 e. The monoisotopic (exact) mass is 594 g/mol. The van der Waals surface area contributed by atoms with E-state index in [1.165, 1.54) is 12.4 Å². The third-order valence-electron chi connectivity index (χ3n) is 4.98. The van der Waals surface area contributed by atoms with E-state index in [-0.39, 0.29) is 11.1 Å². The van der Waals surface area contributed by atoms with Crippen LogP contribution in [0, 0.1) is 0 Å². The second-order valence-corrected chi connectivity index (χ2v) is 8.82. The van der Waals surface area contributed by atoms with E-state index in [1.54, 1.807) is 37.0 Å². The lowest BCUT2D eigenvalue weighted by Crippen LogP contribution is -2.27. The summed E-state index contributed by atoms with van der Waals surface area (Å²) in [6.07, 6.45) is 2.15. The molecule has 178 valence electrons. The molecule has 1 N–H and O–H groups in total. The van der Waals surface area contributed by atoms with Crippen LogP contribution >= 0.6 is 31.9 Å². The van der Waals surface area contributed by atoms with Crippen LogP contribution in [0.15, 0.2) is 55.2 Å². The maximum absolute atomic E-state index is 12.1. The standard InChI is InChI=1S/C13H13BrN2O4.C9H7BrN2O2/c1-18-8-4-9(14)13-10(5-8)16(11(17)6-15-13)7-12-19-2-3-20-12;1-14-5-2-6(10)9-7(3-5)12-8(13)4-11-9/h4-6,12H,2-3,7H2,1H3;2-4H,1H3,(H,12,13). The first kappa shape index (κ1) is 24.3. The van der Waals surface area contributed by atoms with Gasteiger partial charge in [-0.3, -0.25) is 9.59 Å². The minimum absolute atomic E-state index is 0.197. The zero-order chi connectivity index (χ0) is 24.2. The fourth-order valence-electron chi connectivity index (χ4n) is 3.38.